The van der Waals surface area contributed by atoms with Crippen molar-refractivity contribution in [2.24, 2.45) is 5.92 Å². The number of benzene rings is 1. The monoisotopic (exact) mass is 379 g/mol. The molecular formula is C18H16F3N3OS. The zero-order chi connectivity index (χ0) is 18.5. The number of carbonyl (C=O) groups excluding carboxylic acids is 1. The number of hydrogen-bond acceptors (Lipinski definition) is 3. The molecule has 0 aliphatic heterocycles. The Morgan fingerprint density at radius 1 is 1.31 bits per heavy atom. The van der Waals surface area contributed by atoms with E-state index in [9.17, 15) is 18.0 Å². The number of imidazole rings is 1. The molecule has 3 unspecified atom stereocenters. The summed E-state index contributed by atoms with van der Waals surface area (Å²) in [5.74, 6) is 0.475. The van der Waals surface area contributed by atoms with Crippen LogP contribution < -0.4 is 5.32 Å². The maximum Gasteiger partial charge on any atom is 0.425 e. The number of aromatic nitrogens is 2. The van der Waals surface area contributed by atoms with Gasteiger partial charge in [0, 0.05) is 16.7 Å². The number of rotatable bonds is 4. The van der Waals surface area contributed by atoms with Crippen LogP contribution in [0.25, 0.3) is 11.0 Å². The van der Waals surface area contributed by atoms with E-state index in [4.69, 9.17) is 0 Å². The molecule has 0 bridgehead atoms. The van der Waals surface area contributed by atoms with Crippen LogP contribution in [0.2, 0.25) is 0 Å². The first-order valence-corrected chi connectivity index (χ1v) is 9.06. The fourth-order valence-electron chi connectivity index (χ4n) is 3.06. The van der Waals surface area contributed by atoms with Gasteiger partial charge in [-0.3, -0.25) is 4.79 Å². The lowest BCUT2D eigenvalue weighted by Gasteiger charge is -2.12. The summed E-state index contributed by atoms with van der Waals surface area (Å²) in [5, 5.41) is 2.82. The van der Waals surface area contributed by atoms with Crippen molar-refractivity contribution in [3.8, 4) is 0 Å². The Balaban J connectivity index is 1.40. The van der Waals surface area contributed by atoms with Gasteiger partial charge >= 0.3 is 6.18 Å². The van der Waals surface area contributed by atoms with E-state index in [1.807, 2.05) is 24.3 Å². The van der Waals surface area contributed by atoms with Gasteiger partial charge in [0.25, 0.3) is 0 Å². The molecule has 0 spiro atoms. The highest BCUT2D eigenvalue weighted by molar-refractivity contribution is 7.12. The first-order valence-electron chi connectivity index (χ1n) is 8.25. The summed E-state index contributed by atoms with van der Waals surface area (Å²) < 4.78 is 38.1. The van der Waals surface area contributed by atoms with Gasteiger partial charge in [-0.2, -0.15) is 13.2 Å². The molecule has 2 aromatic heterocycles. The number of hydrogen-bond donors (Lipinski definition) is 2. The van der Waals surface area contributed by atoms with Gasteiger partial charge in [-0.25, -0.2) is 4.98 Å². The van der Waals surface area contributed by atoms with Gasteiger partial charge in [0.2, 0.25) is 5.91 Å². The van der Waals surface area contributed by atoms with Crippen molar-refractivity contribution in [2.45, 2.75) is 31.5 Å². The molecule has 2 heterocycles. The molecule has 136 valence electrons. The predicted octanol–water partition coefficient (Wildman–Crippen LogP) is 4.62. The molecule has 1 fully saturated rings. The zero-order valence-corrected chi connectivity index (χ0v) is 14.6. The normalized spacial score (nSPS) is 20.9. The Hall–Kier alpha value is -2.35. The quantitative estimate of drug-likeness (QED) is 0.695. The number of para-hydroxylation sites is 2. The molecule has 3 atom stereocenters. The third kappa shape index (κ3) is 3.21. The highest BCUT2D eigenvalue weighted by Crippen LogP contribution is 2.47. The molecule has 3 aromatic rings. The first-order chi connectivity index (χ1) is 12.3. The second kappa shape index (κ2) is 6.12. The van der Waals surface area contributed by atoms with Crippen molar-refractivity contribution >= 4 is 28.3 Å². The van der Waals surface area contributed by atoms with E-state index in [0.29, 0.717) is 22.6 Å². The van der Waals surface area contributed by atoms with E-state index in [0.717, 1.165) is 22.9 Å². The van der Waals surface area contributed by atoms with Crippen LogP contribution in [0.3, 0.4) is 0 Å². The lowest BCUT2D eigenvalue weighted by atomic mass is 10.2. The Kier molecular flexibility index (Phi) is 4.02. The van der Waals surface area contributed by atoms with E-state index in [1.165, 1.54) is 6.07 Å². The van der Waals surface area contributed by atoms with Gasteiger partial charge in [0.1, 0.15) is 10.7 Å². The predicted molar refractivity (Wildman–Crippen MR) is 92.8 cm³/mol. The SMILES string of the molecule is CC(NC(=O)C1CC1c1nc2ccccc2[nH]1)c1ccc(C(F)(F)F)s1. The van der Waals surface area contributed by atoms with Crippen molar-refractivity contribution in [1.29, 1.82) is 0 Å². The summed E-state index contributed by atoms with van der Waals surface area (Å²) in [6, 6.07) is 9.67. The number of halogens is 3. The van der Waals surface area contributed by atoms with Gasteiger partial charge in [0.05, 0.1) is 17.1 Å². The maximum absolute atomic E-state index is 12.7. The summed E-state index contributed by atoms with van der Waals surface area (Å²) in [6.45, 7) is 1.70. The molecule has 4 nitrogen and oxygen atoms in total. The highest BCUT2D eigenvalue weighted by Gasteiger charge is 2.46. The number of fused-ring (bicyclic) bond motifs is 1. The first kappa shape index (κ1) is 17.1. The van der Waals surface area contributed by atoms with Crippen molar-refractivity contribution in [3.05, 3.63) is 52.0 Å². The van der Waals surface area contributed by atoms with Crippen LogP contribution in [-0.4, -0.2) is 15.9 Å². The molecule has 1 amide bonds. The second-order valence-electron chi connectivity index (χ2n) is 6.52. The third-order valence-electron chi connectivity index (χ3n) is 4.58. The summed E-state index contributed by atoms with van der Waals surface area (Å²) in [6.07, 6.45) is -3.66. The zero-order valence-electron chi connectivity index (χ0n) is 13.8. The molecule has 1 aromatic carbocycles. The number of amides is 1. The average molecular weight is 379 g/mol. The number of thiophene rings is 1. The molecule has 0 radical (unpaired) electrons. The van der Waals surface area contributed by atoms with Crippen LogP contribution in [0.5, 0.6) is 0 Å². The van der Waals surface area contributed by atoms with Crippen LogP contribution in [0.4, 0.5) is 13.2 Å². The Morgan fingerprint density at radius 3 is 2.77 bits per heavy atom. The number of carbonyl (C=O) groups is 1. The van der Waals surface area contributed by atoms with Crippen molar-refractivity contribution < 1.29 is 18.0 Å². The largest absolute Gasteiger partial charge is 0.425 e. The van der Waals surface area contributed by atoms with E-state index in [2.05, 4.69) is 15.3 Å². The number of nitrogens with zero attached hydrogens (tertiary/aromatic N) is 1. The molecular weight excluding hydrogens is 363 g/mol. The molecule has 1 saturated carbocycles. The minimum absolute atomic E-state index is 0.0312. The molecule has 8 heteroatoms. The smallest absolute Gasteiger partial charge is 0.349 e. The van der Waals surface area contributed by atoms with Crippen LogP contribution in [0.15, 0.2) is 36.4 Å². The third-order valence-corrected chi connectivity index (χ3v) is 5.89. The van der Waals surface area contributed by atoms with Crippen LogP contribution >= 0.6 is 11.3 Å². The minimum atomic E-state index is -4.35. The van der Waals surface area contributed by atoms with Crippen LogP contribution in [0, 0.1) is 5.92 Å². The van der Waals surface area contributed by atoms with E-state index >= 15 is 0 Å². The topological polar surface area (TPSA) is 57.8 Å². The fraction of sp³-hybridized carbons (Fsp3) is 0.333. The van der Waals surface area contributed by atoms with Crippen LogP contribution in [0.1, 0.15) is 40.9 Å². The van der Waals surface area contributed by atoms with E-state index in [-0.39, 0.29) is 17.7 Å². The number of H-pyrrole nitrogens is 1. The average Bonchev–Trinajstić information content (AvgIpc) is 3.04. The van der Waals surface area contributed by atoms with E-state index < -0.39 is 17.1 Å². The fourth-order valence-corrected chi connectivity index (χ4v) is 3.94. The van der Waals surface area contributed by atoms with E-state index in [1.54, 1.807) is 6.92 Å². The standard InChI is InChI=1S/C18H16F3N3OS/c1-9(14-6-7-15(26-14)18(19,20)21)22-17(25)11-8-10(11)16-23-12-4-2-3-5-13(12)24-16/h2-7,9-11H,8H2,1H3,(H,22,25)(H,23,24). The molecule has 0 saturated heterocycles. The van der Waals surface area contributed by atoms with Crippen molar-refractivity contribution in [1.82, 2.24) is 15.3 Å². The number of alkyl halides is 3. The lowest BCUT2D eigenvalue weighted by Crippen LogP contribution is -2.28. The minimum Gasteiger partial charge on any atom is -0.349 e. The van der Waals surface area contributed by atoms with Gasteiger partial charge in [-0.05, 0) is 37.6 Å². The Labute approximate surface area is 151 Å². The summed E-state index contributed by atoms with van der Waals surface area (Å²) in [7, 11) is 0. The number of aromatic amines is 1. The summed E-state index contributed by atoms with van der Waals surface area (Å²) in [5.41, 5.74) is 1.79. The molecule has 4 rings (SSSR count). The maximum atomic E-state index is 12.7. The Bertz CT molecular complexity index is 929. The van der Waals surface area contributed by atoms with Gasteiger partial charge < -0.3 is 10.3 Å². The molecule has 2 N–H and O–H groups in total. The summed E-state index contributed by atoms with van der Waals surface area (Å²) >= 11 is 0.664. The van der Waals surface area contributed by atoms with Gasteiger partial charge in [0.15, 0.2) is 0 Å². The van der Waals surface area contributed by atoms with Crippen LogP contribution in [-0.2, 0) is 11.0 Å². The lowest BCUT2D eigenvalue weighted by molar-refractivity contribution is -0.134. The van der Waals surface area contributed by atoms with Gasteiger partial charge in [-0.15, -0.1) is 11.3 Å². The van der Waals surface area contributed by atoms with Crippen molar-refractivity contribution in [3.63, 3.8) is 0 Å². The van der Waals surface area contributed by atoms with Crippen molar-refractivity contribution in [2.75, 3.05) is 0 Å². The highest BCUT2D eigenvalue weighted by atomic mass is 32.1. The number of nitrogens with one attached hydrogen (secondary N) is 2. The molecule has 1 aliphatic rings. The Morgan fingerprint density at radius 2 is 2.08 bits per heavy atom. The molecule has 1 aliphatic carbocycles. The summed E-state index contributed by atoms with van der Waals surface area (Å²) in [4.78, 5) is 20.0. The molecule has 26 heavy (non-hydrogen) atoms. The second-order valence-corrected chi connectivity index (χ2v) is 7.63. The van der Waals surface area contributed by atoms with Gasteiger partial charge in [-0.1, -0.05) is 12.1 Å².